The van der Waals surface area contributed by atoms with Crippen molar-refractivity contribution in [1.29, 1.82) is 5.26 Å². The van der Waals surface area contributed by atoms with Crippen LogP contribution in [0.3, 0.4) is 0 Å². The molecule has 1 fully saturated rings. The lowest BCUT2D eigenvalue weighted by molar-refractivity contribution is 0.123. The Morgan fingerprint density at radius 1 is 1.50 bits per heavy atom. The minimum Gasteiger partial charge on any atom is -0.381 e. The summed E-state index contributed by atoms with van der Waals surface area (Å²) in [6, 6.07) is 4.64. The van der Waals surface area contributed by atoms with Gasteiger partial charge in [0.15, 0.2) is 5.69 Å². The van der Waals surface area contributed by atoms with E-state index in [-0.39, 0.29) is 17.1 Å². The smallest absolute Gasteiger partial charge is 0.243 e. The molecule has 1 aliphatic rings. The Labute approximate surface area is 118 Å². The van der Waals surface area contributed by atoms with Gasteiger partial charge in [-0.2, -0.15) is 5.26 Å². The van der Waals surface area contributed by atoms with Crippen LogP contribution < -0.4 is 4.72 Å². The van der Waals surface area contributed by atoms with Crippen LogP contribution in [0.1, 0.15) is 25.0 Å². The van der Waals surface area contributed by atoms with Gasteiger partial charge in [0.2, 0.25) is 10.0 Å². The molecular weight excluding hydrogens is 278 g/mol. The summed E-state index contributed by atoms with van der Waals surface area (Å²) in [4.78, 5) is 3.66. The summed E-state index contributed by atoms with van der Waals surface area (Å²) in [5, 5.41) is 8.86. The number of aromatic nitrogens is 1. The first-order valence-corrected chi connectivity index (χ1v) is 8.04. The van der Waals surface area contributed by atoms with Crippen molar-refractivity contribution in [3.05, 3.63) is 24.0 Å². The molecule has 0 aliphatic heterocycles. The van der Waals surface area contributed by atoms with Crippen LogP contribution in [-0.2, 0) is 14.8 Å². The van der Waals surface area contributed by atoms with Gasteiger partial charge in [0.05, 0.1) is 0 Å². The summed E-state index contributed by atoms with van der Waals surface area (Å²) in [5.41, 5.74) is -0.0926. The predicted molar refractivity (Wildman–Crippen MR) is 72.3 cm³/mol. The first kappa shape index (κ1) is 14.9. The standard InChI is InChI=1S/C13H17N3O3S/c14-9-12-13(3-1-6-15-12)20(17,18)16-7-2-8-19-10-11-4-5-11/h1,3,6,11,16H,2,4-5,7-8,10H2. The zero-order chi connectivity index (χ0) is 14.4. The summed E-state index contributed by atoms with van der Waals surface area (Å²) in [6.07, 6.45) is 4.48. The molecule has 0 atom stereocenters. The molecule has 0 aromatic carbocycles. The van der Waals surface area contributed by atoms with Crippen molar-refractivity contribution in [1.82, 2.24) is 9.71 Å². The Bertz CT molecular complexity index is 591. The molecule has 7 heteroatoms. The number of hydrogen-bond donors (Lipinski definition) is 1. The summed E-state index contributed by atoms with van der Waals surface area (Å²) in [6.45, 7) is 1.60. The fourth-order valence-electron chi connectivity index (χ4n) is 1.68. The lowest BCUT2D eigenvalue weighted by Gasteiger charge is -2.07. The van der Waals surface area contributed by atoms with Crippen LogP contribution in [-0.4, -0.2) is 33.2 Å². The van der Waals surface area contributed by atoms with E-state index in [1.54, 1.807) is 6.07 Å². The number of hydrogen-bond acceptors (Lipinski definition) is 5. The Kier molecular flexibility index (Phi) is 5.06. The molecule has 0 saturated heterocycles. The van der Waals surface area contributed by atoms with Gasteiger partial charge in [-0.15, -0.1) is 0 Å². The number of rotatable bonds is 8. The molecule has 0 unspecified atom stereocenters. The van der Waals surface area contributed by atoms with E-state index in [1.165, 1.54) is 31.2 Å². The van der Waals surface area contributed by atoms with Crippen molar-refractivity contribution < 1.29 is 13.2 Å². The van der Waals surface area contributed by atoms with Gasteiger partial charge in [-0.3, -0.25) is 0 Å². The Morgan fingerprint density at radius 2 is 2.30 bits per heavy atom. The van der Waals surface area contributed by atoms with Gasteiger partial charge in [0.1, 0.15) is 11.0 Å². The normalized spacial score (nSPS) is 14.9. The van der Waals surface area contributed by atoms with Crippen molar-refractivity contribution in [2.45, 2.75) is 24.2 Å². The Hall–Kier alpha value is -1.49. The molecule has 1 aromatic rings. The third-order valence-corrected chi connectivity index (χ3v) is 4.47. The van der Waals surface area contributed by atoms with E-state index in [2.05, 4.69) is 9.71 Å². The maximum atomic E-state index is 12.0. The maximum absolute atomic E-state index is 12.0. The first-order valence-electron chi connectivity index (χ1n) is 6.56. The van der Waals surface area contributed by atoms with E-state index in [9.17, 15) is 8.42 Å². The minimum atomic E-state index is -3.68. The number of sulfonamides is 1. The molecule has 20 heavy (non-hydrogen) atoms. The quantitative estimate of drug-likeness (QED) is 0.724. The van der Waals surface area contributed by atoms with Gasteiger partial charge in [0, 0.05) is 26.0 Å². The highest BCUT2D eigenvalue weighted by molar-refractivity contribution is 7.89. The van der Waals surface area contributed by atoms with E-state index in [1.807, 2.05) is 0 Å². The molecule has 108 valence electrons. The summed E-state index contributed by atoms with van der Waals surface area (Å²) >= 11 is 0. The van der Waals surface area contributed by atoms with E-state index < -0.39 is 10.0 Å². The van der Waals surface area contributed by atoms with E-state index in [0.29, 0.717) is 18.9 Å². The zero-order valence-corrected chi connectivity index (χ0v) is 11.9. The first-order chi connectivity index (χ1) is 9.63. The van der Waals surface area contributed by atoms with E-state index in [4.69, 9.17) is 10.00 Å². The molecule has 6 nitrogen and oxygen atoms in total. The second-order valence-electron chi connectivity index (χ2n) is 4.73. The highest BCUT2D eigenvalue weighted by Crippen LogP contribution is 2.28. The van der Waals surface area contributed by atoms with Crippen LogP contribution in [0, 0.1) is 17.2 Å². The number of nitriles is 1. The highest BCUT2D eigenvalue weighted by Gasteiger charge is 2.21. The van der Waals surface area contributed by atoms with Crippen LogP contribution in [0.4, 0.5) is 0 Å². The summed E-state index contributed by atoms with van der Waals surface area (Å²) in [5.74, 6) is 0.709. The second-order valence-corrected chi connectivity index (χ2v) is 6.47. The van der Waals surface area contributed by atoms with Gasteiger partial charge in [0.25, 0.3) is 0 Å². The Morgan fingerprint density at radius 3 is 3.00 bits per heavy atom. The topological polar surface area (TPSA) is 92.1 Å². The third-order valence-electron chi connectivity index (χ3n) is 2.97. The third kappa shape index (κ3) is 4.27. The maximum Gasteiger partial charge on any atom is 0.243 e. The van der Waals surface area contributed by atoms with Crippen molar-refractivity contribution in [2.24, 2.45) is 5.92 Å². The van der Waals surface area contributed by atoms with Crippen LogP contribution in [0.2, 0.25) is 0 Å². The molecule has 1 heterocycles. The predicted octanol–water partition coefficient (Wildman–Crippen LogP) is 1.05. The van der Waals surface area contributed by atoms with Crippen molar-refractivity contribution >= 4 is 10.0 Å². The largest absolute Gasteiger partial charge is 0.381 e. The number of ether oxygens (including phenoxy) is 1. The average Bonchev–Trinajstić information content (AvgIpc) is 3.26. The van der Waals surface area contributed by atoms with Gasteiger partial charge in [-0.25, -0.2) is 18.1 Å². The molecule has 1 aromatic heterocycles. The molecule has 0 bridgehead atoms. The number of nitrogens with one attached hydrogen (secondary N) is 1. The molecule has 0 amide bonds. The molecular formula is C13H17N3O3S. The van der Waals surface area contributed by atoms with Gasteiger partial charge < -0.3 is 4.74 Å². The van der Waals surface area contributed by atoms with Gasteiger partial charge in [-0.1, -0.05) is 0 Å². The fourth-order valence-corrected chi connectivity index (χ4v) is 2.86. The van der Waals surface area contributed by atoms with Crippen LogP contribution >= 0.6 is 0 Å². The van der Waals surface area contributed by atoms with Crippen molar-refractivity contribution in [3.8, 4) is 6.07 Å². The summed E-state index contributed by atoms with van der Waals surface area (Å²) in [7, 11) is -3.68. The molecule has 0 spiro atoms. The summed E-state index contributed by atoms with van der Waals surface area (Å²) < 4.78 is 31.9. The van der Waals surface area contributed by atoms with Crippen LogP contribution in [0.25, 0.3) is 0 Å². The monoisotopic (exact) mass is 295 g/mol. The molecule has 0 radical (unpaired) electrons. The molecule has 1 N–H and O–H groups in total. The highest BCUT2D eigenvalue weighted by atomic mass is 32.2. The van der Waals surface area contributed by atoms with Crippen molar-refractivity contribution in [3.63, 3.8) is 0 Å². The lowest BCUT2D eigenvalue weighted by Crippen LogP contribution is -2.26. The second kappa shape index (κ2) is 6.79. The van der Waals surface area contributed by atoms with Crippen LogP contribution in [0.15, 0.2) is 23.2 Å². The van der Waals surface area contributed by atoms with E-state index in [0.717, 1.165) is 6.61 Å². The molecule has 1 aliphatic carbocycles. The fraction of sp³-hybridized carbons (Fsp3) is 0.538. The zero-order valence-electron chi connectivity index (χ0n) is 11.1. The number of pyridine rings is 1. The minimum absolute atomic E-state index is 0.0820. The SMILES string of the molecule is N#Cc1ncccc1S(=O)(=O)NCCCOCC1CC1. The van der Waals surface area contributed by atoms with E-state index >= 15 is 0 Å². The van der Waals surface area contributed by atoms with Gasteiger partial charge in [-0.05, 0) is 37.3 Å². The average molecular weight is 295 g/mol. The Balaban J connectivity index is 1.79. The lowest BCUT2D eigenvalue weighted by atomic mass is 10.4. The van der Waals surface area contributed by atoms with Crippen molar-refractivity contribution in [2.75, 3.05) is 19.8 Å². The van der Waals surface area contributed by atoms with Gasteiger partial charge >= 0.3 is 0 Å². The van der Waals surface area contributed by atoms with Crippen LogP contribution in [0.5, 0.6) is 0 Å². The molecule has 1 saturated carbocycles. The molecule has 2 rings (SSSR count). The number of nitrogens with zero attached hydrogens (tertiary/aromatic N) is 2.